The first-order valence-corrected chi connectivity index (χ1v) is 8.82. The highest BCUT2D eigenvalue weighted by molar-refractivity contribution is 5.91. The van der Waals surface area contributed by atoms with Crippen LogP contribution in [-0.4, -0.2) is 37.0 Å². The molecule has 6 heteroatoms. The quantitative estimate of drug-likeness (QED) is 0.861. The van der Waals surface area contributed by atoms with Crippen LogP contribution < -0.4 is 10.1 Å². The lowest BCUT2D eigenvalue weighted by Gasteiger charge is -2.31. The molecule has 0 radical (unpaired) electrons. The van der Waals surface area contributed by atoms with Gasteiger partial charge in [0.05, 0.1) is 0 Å². The fourth-order valence-corrected chi connectivity index (χ4v) is 3.21. The average Bonchev–Trinajstić information content (AvgIpc) is 3.09. The normalized spacial score (nSPS) is 14.8. The number of ether oxygens (including phenoxy) is 1. The number of rotatable bonds is 5. The highest BCUT2D eigenvalue weighted by Crippen LogP contribution is 2.21. The van der Waals surface area contributed by atoms with Crippen LogP contribution >= 0.6 is 12.4 Å². The molecule has 0 spiro atoms. The molecule has 1 aliphatic heterocycles. The van der Waals surface area contributed by atoms with Gasteiger partial charge in [-0.3, -0.25) is 4.79 Å². The van der Waals surface area contributed by atoms with Crippen molar-refractivity contribution >= 4 is 18.3 Å². The molecule has 3 rings (SSSR count). The van der Waals surface area contributed by atoms with E-state index in [1.807, 2.05) is 37.1 Å². The molecule has 142 valence electrons. The van der Waals surface area contributed by atoms with E-state index in [-0.39, 0.29) is 18.3 Å². The van der Waals surface area contributed by atoms with Crippen molar-refractivity contribution in [1.82, 2.24) is 10.2 Å². The molecule has 26 heavy (non-hydrogen) atoms. The number of aryl methyl sites for hydroxylation is 2. The molecule has 2 heterocycles. The molecule has 1 amide bonds. The molecular formula is C20H27ClN2O3. The molecule has 5 nitrogen and oxygen atoms in total. The number of nitrogens with zero attached hydrogens (tertiary/aromatic N) is 1. The van der Waals surface area contributed by atoms with E-state index in [4.69, 9.17) is 9.15 Å². The molecule has 1 saturated heterocycles. The lowest BCUT2D eigenvalue weighted by molar-refractivity contribution is 0.0671. The van der Waals surface area contributed by atoms with Gasteiger partial charge >= 0.3 is 0 Å². The van der Waals surface area contributed by atoms with Gasteiger partial charge in [0, 0.05) is 19.1 Å². The van der Waals surface area contributed by atoms with E-state index in [0.717, 1.165) is 37.2 Å². The van der Waals surface area contributed by atoms with Crippen LogP contribution in [0.5, 0.6) is 5.75 Å². The van der Waals surface area contributed by atoms with Gasteiger partial charge in [-0.1, -0.05) is 17.7 Å². The number of carbonyl (C=O) groups excluding carboxylic acids is 1. The minimum Gasteiger partial charge on any atom is -0.485 e. The number of hydrogen-bond donors (Lipinski definition) is 1. The third kappa shape index (κ3) is 4.80. The van der Waals surface area contributed by atoms with Gasteiger partial charge < -0.3 is 19.4 Å². The first-order chi connectivity index (χ1) is 12.1. The van der Waals surface area contributed by atoms with Crippen molar-refractivity contribution in [1.29, 1.82) is 0 Å². The van der Waals surface area contributed by atoms with E-state index in [1.54, 1.807) is 6.07 Å². The van der Waals surface area contributed by atoms with Crippen molar-refractivity contribution in [2.24, 2.45) is 0 Å². The summed E-state index contributed by atoms with van der Waals surface area (Å²) in [6, 6.07) is 10.1. The zero-order chi connectivity index (χ0) is 17.8. The van der Waals surface area contributed by atoms with Crippen LogP contribution in [-0.2, 0) is 6.61 Å². The molecular weight excluding hydrogens is 352 g/mol. The van der Waals surface area contributed by atoms with Crippen LogP contribution in [0.15, 0.2) is 34.7 Å². The summed E-state index contributed by atoms with van der Waals surface area (Å²) in [5.41, 5.74) is 2.30. The van der Waals surface area contributed by atoms with E-state index in [1.165, 1.54) is 5.56 Å². The zero-order valence-electron chi connectivity index (χ0n) is 15.6. The third-order valence-corrected chi connectivity index (χ3v) is 4.76. The minimum atomic E-state index is -0.0349. The largest absolute Gasteiger partial charge is 0.485 e. The standard InChI is InChI=1S/C20H26N2O3.ClH/c1-14-4-6-18(15(2)12-14)24-13-17-5-7-19(25-17)20(23)22-10-8-16(21-3)9-11-22;/h4-7,12,16,21H,8-11,13H2,1-3H3;1H. The second-order valence-electron chi connectivity index (χ2n) is 6.68. The second-order valence-corrected chi connectivity index (χ2v) is 6.68. The van der Waals surface area contributed by atoms with Crippen LogP contribution in [0.3, 0.4) is 0 Å². The number of amides is 1. The highest BCUT2D eigenvalue weighted by Gasteiger charge is 2.24. The van der Waals surface area contributed by atoms with Gasteiger partial charge in [-0.25, -0.2) is 0 Å². The van der Waals surface area contributed by atoms with Crippen molar-refractivity contribution in [3.63, 3.8) is 0 Å². The summed E-state index contributed by atoms with van der Waals surface area (Å²) in [6.45, 7) is 5.92. The van der Waals surface area contributed by atoms with Crippen molar-refractivity contribution in [2.45, 2.75) is 39.3 Å². The fourth-order valence-electron chi connectivity index (χ4n) is 3.21. The lowest BCUT2D eigenvalue weighted by Crippen LogP contribution is -2.43. The Morgan fingerprint density at radius 1 is 1.23 bits per heavy atom. The minimum absolute atomic E-state index is 0. The summed E-state index contributed by atoms with van der Waals surface area (Å²) in [7, 11) is 1.97. The Labute approximate surface area is 161 Å². The lowest BCUT2D eigenvalue weighted by atomic mass is 10.1. The van der Waals surface area contributed by atoms with E-state index in [2.05, 4.69) is 18.3 Å². The first kappa shape index (κ1) is 20.3. The third-order valence-electron chi connectivity index (χ3n) is 4.76. The molecule has 1 aliphatic rings. The molecule has 0 unspecified atom stereocenters. The van der Waals surface area contributed by atoms with E-state index in [9.17, 15) is 4.79 Å². The first-order valence-electron chi connectivity index (χ1n) is 8.82. The Bertz CT molecular complexity index is 736. The number of likely N-dealkylation sites (tertiary alicyclic amines) is 1. The Morgan fingerprint density at radius 2 is 1.96 bits per heavy atom. The van der Waals surface area contributed by atoms with Gasteiger partial charge in [-0.05, 0) is 57.5 Å². The summed E-state index contributed by atoms with van der Waals surface area (Å²) >= 11 is 0. The predicted molar refractivity (Wildman–Crippen MR) is 104 cm³/mol. The fraction of sp³-hybridized carbons (Fsp3) is 0.450. The summed E-state index contributed by atoms with van der Waals surface area (Å²) in [5.74, 6) is 1.85. The van der Waals surface area contributed by atoms with Crippen molar-refractivity contribution in [2.75, 3.05) is 20.1 Å². The molecule has 2 aromatic rings. The molecule has 0 atom stereocenters. The van der Waals surface area contributed by atoms with Gasteiger partial charge in [0.2, 0.25) is 0 Å². The number of benzene rings is 1. The molecule has 1 aromatic carbocycles. The van der Waals surface area contributed by atoms with E-state index in [0.29, 0.717) is 24.2 Å². The van der Waals surface area contributed by atoms with Crippen LogP contribution in [0.25, 0.3) is 0 Å². The van der Waals surface area contributed by atoms with Crippen LogP contribution in [0.4, 0.5) is 0 Å². The topological polar surface area (TPSA) is 54.7 Å². The Hall–Kier alpha value is -1.98. The van der Waals surface area contributed by atoms with Gasteiger partial charge in [-0.15, -0.1) is 12.4 Å². The maximum Gasteiger partial charge on any atom is 0.289 e. The predicted octanol–water partition coefficient (Wildman–Crippen LogP) is 3.72. The zero-order valence-corrected chi connectivity index (χ0v) is 16.4. The number of hydrogen-bond acceptors (Lipinski definition) is 4. The number of furan rings is 1. The summed E-state index contributed by atoms with van der Waals surface area (Å²) in [4.78, 5) is 14.4. The van der Waals surface area contributed by atoms with Crippen molar-refractivity contribution < 1.29 is 13.9 Å². The van der Waals surface area contributed by atoms with E-state index < -0.39 is 0 Å². The maximum absolute atomic E-state index is 12.5. The van der Waals surface area contributed by atoms with Gasteiger partial charge in [0.15, 0.2) is 5.76 Å². The Balaban J connectivity index is 0.00000243. The van der Waals surface area contributed by atoms with Gasteiger partial charge in [0.25, 0.3) is 5.91 Å². The maximum atomic E-state index is 12.5. The summed E-state index contributed by atoms with van der Waals surface area (Å²) in [6.07, 6.45) is 1.96. The molecule has 0 saturated carbocycles. The molecule has 0 aliphatic carbocycles. The monoisotopic (exact) mass is 378 g/mol. The molecule has 1 fully saturated rings. The molecule has 1 aromatic heterocycles. The number of nitrogens with one attached hydrogen (secondary N) is 1. The van der Waals surface area contributed by atoms with Crippen molar-refractivity contribution in [3.05, 3.63) is 53.0 Å². The van der Waals surface area contributed by atoms with Gasteiger partial charge in [-0.2, -0.15) is 0 Å². The molecule has 1 N–H and O–H groups in total. The highest BCUT2D eigenvalue weighted by atomic mass is 35.5. The Morgan fingerprint density at radius 3 is 2.62 bits per heavy atom. The smallest absolute Gasteiger partial charge is 0.289 e. The summed E-state index contributed by atoms with van der Waals surface area (Å²) in [5, 5.41) is 3.27. The number of carbonyl (C=O) groups is 1. The van der Waals surface area contributed by atoms with Crippen LogP contribution in [0.2, 0.25) is 0 Å². The SMILES string of the molecule is CNC1CCN(C(=O)c2ccc(COc3ccc(C)cc3C)o2)CC1.Cl. The average molecular weight is 379 g/mol. The number of piperidine rings is 1. The summed E-state index contributed by atoms with van der Waals surface area (Å²) < 4.78 is 11.5. The molecule has 0 bridgehead atoms. The van der Waals surface area contributed by atoms with Gasteiger partial charge in [0.1, 0.15) is 18.1 Å². The van der Waals surface area contributed by atoms with Crippen LogP contribution in [0, 0.1) is 13.8 Å². The van der Waals surface area contributed by atoms with E-state index >= 15 is 0 Å². The second kappa shape index (κ2) is 9.10. The van der Waals surface area contributed by atoms with Crippen LogP contribution in [0.1, 0.15) is 40.3 Å². The number of halogens is 1. The van der Waals surface area contributed by atoms with Crippen molar-refractivity contribution in [3.8, 4) is 5.75 Å². The Kier molecular flexibility index (Phi) is 7.12.